The largest absolute Gasteiger partial charge is 0.228 e. The van der Waals surface area contributed by atoms with Crippen molar-refractivity contribution in [1.29, 1.82) is 0 Å². The lowest BCUT2D eigenvalue weighted by Gasteiger charge is -2.22. The van der Waals surface area contributed by atoms with Crippen LogP contribution in [0.2, 0.25) is 0 Å². The van der Waals surface area contributed by atoms with Crippen LogP contribution >= 0.6 is 11.3 Å². The maximum Gasteiger partial charge on any atom is 0.160 e. The Morgan fingerprint density at radius 1 is 0.367 bits per heavy atom. The standard InChI is InChI=1S/C57H38N2S/c1-57(2)49-25-14-24-47(55(49)48-31-36-17-6-7-18-37(36)32-50(48)57)42-29-30-44(41-21-10-9-20-40(41)42)52-34-51(58-56(59-52)35-15-4-3-5-16-35)43-22-11-8-19-39(43)38-27-28-46-45-23-12-13-26-53(45)60-54(46)33-38/h3-34H,1-2H3. The van der Waals surface area contributed by atoms with E-state index in [2.05, 4.69) is 202 Å². The lowest BCUT2D eigenvalue weighted by Crippen LogP contribution is -2.14. The van der Waals surface area contributed by atoms with Gasteiger partial charge in [-0.15, -0.1) is 11.3 Å². The van der Waals surface area contributed by atoms with E-state index in [0.29, 0.717) is 5.82 Å². The van der Waals surface area contributed by atoms with Crippen molar-refractivity contribution in [1.82, 2.24) is 9.97 Å². The molecule has 60 heavy (non-hydrogen) atoms. The van der Waals surface area contributed by atoms with Gasteiger partial charge in [0.25, 0.3) is 0 Å². The second kappa shape index (κ2) is 13.4. The topological polar surface area (TPSA) is 25.8 Å². The van der Waals surface area contributed by atoms with Crippen LogP contribution in [0.3, 0.4) is 0 Å². The molecule has 9 aromatic carbocycles. The number of nitrogens with zero attached hydrogens (tertiary/aromatic N) is 2. The molecule has 3 heteroatoms. The average Bonchev–Trinajstić information content (AvgIpc) is 3.79. The zero-order valence-electron chi connectivity index (χ0n) is 33.3. The molecule has 282 valence electrons. The van der Waals surface area contributed by atoms with Crippen molar-refractivity contribution >= 4 is 53.1 Å². The maximum atomic E-state index is 5.35. The van der Waals surface area contributed by atoms with Crippen molar-refractivity contribution in [3.8, 4) is 67.3 Å². The van der Waals surface area contributed by atoms with Crippen molar-refractivity contribution in [2.45, 2.75) is 19.3 Å². The highest BCUT2D eigenvalue weighted by Gasteiger charge is 2.37. The molecule has 12 rings (SSSR count). The van der Waals surface area contributed by atoms with Crippen LogP contribution < -0.4 is 0 Å². The molecule has 0 saturated heterocycles. The summed E-state index contributed by atoms with van der Waals surface area (Å²) in [7, 11) is 0. The summed E-state index contributed by atoms with van der Waals surface area (Å²) in [6, 6.07) is 70.6. The monoisotopic (exact) mass is 782 g/mol. The summed E-state index contributed by atoms with van der Waals surface area (Å²) >= 11 is 1.85. The van der Waals surface area contributed by atoms with Crippen LogP contribution in [0.5, 0.6) is 0 Å². The van der Waals surface area contributed by atoms with Crippen LogP contribution in [-0.4, -0.2) is 9.97 Å². The molecule has 0 aliphatic heterocycles. The van der Waals surface area contributed by atoms with Crippen LogP contribution in [-0.2, 0) is 5.41 Å². The van der Waals surface area contributed by atoms with Crippen LogP contribution in [0.15, 0.2) is 194 Å². The summed E-state index contributed by atoms with van der Waals surface area (Å²) in [5.41, 5.74) is 15.0. The van der Waals surface area contributed by atoms with Gasteiger partial charge in [-0.3, -0.25) is 0 Å². The molecule has 0 bridgehead atoms. The zero-order chi connectivity index (χ0) is 40.0. The van der Waals surface area contributed by atoms with E-state index in [9.17, 15) is 0 Å². The molecule has 0 amide bonds. The molecule has 2 heterocycles. The van der Waals surface area contributed by atoms with Gasteiger partial charge in [0, 0.05) is 42.3 Å². The molecule has 0 unspecified atom stereocenters. The molecule has 11 aromatic rings. The first-order valence-electron chi connectivity index (χ1n) is 20.6. The van der Waals surface area contributed by atoms with Gasteiger partial charge in [-0.1, -0.05) is 178 Å². The van der Waals surface area contributed by atoms with Crippen LogP contribution in [0.25, 0.3) is 109 Å². The minimum atomic E-state index is -0.119. The lowest BCUT2D eigenvalue weighted by atomic mass is 9.81. The first-order chi connectivity index (χ1) is 29.5. The van der Waals surface area contributed by atoms with Gasteiger partial charge in [-0.25, -0.2) is 9.97 Å². The molecule has 0 radical (unpaired) electrons. The number of aromatic nitrogens is 2. The third-order valence-electron chi connectivity index (χ3n) is 12.7. The molecule has 0 spiro atoms. The number of hydrogen-bond donors (Lipinski definition) is 0. The summed E-state index contributed by atoms with van der Waals surface area (Å²) in [4.78, 5) is 10.7. The van der Waals surface area contributed by atoms with E-state index >= 15 is 0 Å². The fraction of sp³-hybridized carbons (Fsp3) is 0.0526. The minimum absolute atomic E-state index is 0.119. The molecule has 2 nitrogen and oxygen atoms in total. The predicted octanol–water partition coefficient (Wildman–Crippen LogP) is 15.8. The Bertz CT molecular complexity index is 3520. The first kappa shape index (κ1) is 34.8. The fourth-order valence-corrected chi connectivity index (χ4v) is 10.9. The van der Waals surface area contributed by atoms with Gasteiger partial charge >= 0.3 is 0 Å². The van der Waals surface area contributed by atoms with E-state index in [1.165, 1.54) is 75.3 Å². The van der Waals surface area contributed by atoms with E-state index in [0.717, 1.165) is 39.0 Å². The van der Waals surface area contributed by atoms with Crippen LogP contribution in [0, 0.1) is 0 Å². The number of rotatable bonds is 5. The van der Waals surface area contributed by atoms with Crippen molar-refractivity contribution in [3.05, 3.63) is 205 Å². The molecule has 1 aliphatic carbocycles. The molecule has 0 N–H and O–H groups in total. The molecule has 1 aliphatic rings. The van der Waals surface area contributed by atoms with Crippen LogP contribution in [0.1, 0.15) is 25.0 Å². The number of benzene rings is 9. The van der Waals surface area contributed by atoms with Crippen molar-refractivity contribution in [2.75, 3.05) is 0 Å². The first-order valence-corrected chi connectivity index (χ1v) is 21.5. The smallest absolute Gasteiger partial charge is 0.160 e. The third kappa shape index (κ3) is 5.40. The van der Waals surface area contributed by atoms with E-state index in [1.54, 1.807) is 0 Å². The van der Waals surface area contributed by atoms with E-state index in [4.69, 9.17) is 9.97 Å². The Morgan fingerprint density at radius 2 is 0.983 bits per heavy atom. The Hall–Kier alpha value is -7.20. The molecule has 0 fully saturated rings. The quantitative estimate of drug-likeness (QED) is 0.174. The Morgan fingerprint density at radius 3 is 1.80 bits per heavy atom. The predicted molar refractivity (Wildman–Crippen MR) is 255 cm³/mol. The SMILES string of the molecule is CC1(C)c2cc3ccccc3cc2-c2c(-c3ccc(-c4cc(-c5ccccc5-c5ccc6c(c5)sc5ccccc56)nc(-c5ccccc5)n4)c4ccccc34)cccc21. The molecular weight excluding hydrogens is 745 g/mol. The maximum absolute atomic E-state index is 5.35. The molecule has 0 atom stereocenters. The second-order valence-corrected chi connectivity index (χ2v) is 17.6. The van der Waals surface area contributed by atoms with Crippen molar-refractivity contribution in [2.24, 2.45) is 0 Å². The highest BCUT2D eigenvalue weighted by molar-refractivity contribution is 7.25. The summed E-state index contributed by atoms with van der Waals surface area (Å²) in [6.45, 7) is 4.74. The van der Waals surface area contributed by atoms with E-state index in [-0.39, 0.29) is 5.41 Å². The van der Waals surface area contributed by atoms with Crippen LogP contribution in [0.4, 0.5) is 0 Å². The van der Waals surface area contributed by atoms with Gasteiger partial charge in [-0.2, -0.15) is 0 Å². The summed E-state index contributed by atoms with van der Waals surface area (Å²) in [5.74, 6) is 0.706. The Balaban J connectivity index is 1.04. The number of fused-ring (bicyclic) bond motifs is 8. The van der Waals surface area contributed by atoms with Crippen molar-refractivity contribution in [3.63, 3.8) is 0 Å². The van der Waals surface area contributed by atoms with Gasteiger partial charge in [0.2, 0.25) is 0 Å². The summed E-state index contributed by atoms with van der Waals surface area (Å²) < 4.78 is 2.59. The Labute approximate surface area is 353 Å². The zero-order valence-corrected chi connectivity index (χ0v) is 34.1. The lowest BCUT2D eigenvalue weighted by molar-refractivity contribution is 0.661. The summed E-state index contributed by atoms with van der Waals surface area (Å²) in [6.07, 6.45) is 0. The van der Waals surface area contributed by atoms with Gasteiger partial charge < -0.3 is 0 Å². The van der Waals surface area contributed by atoms with E-state index < -0.39 is 0 Å². The number of hydrogen-bond acceptors (Lipinski definition) is 3. The fourth-order valence-electron chi connectivity index (χ4n) is 9.75. The third-order valence-corrected chi connectivity index (χ3v) is 13.8. The second-order valence-electron chi connectivity index (χ2n) is 16.5. The molecular formula is C57H38N2S. The van der Waals surface area contributed by atoms with Gasteiger partial charge in [0.1, 0.15) is 0 Å². The molecule has 2 aromatic heterocycles. The normalized spacial score (nSPS) is 13.0. The number of thiophene rings is 1. The highest BCUT2D eigenvalue weighted by Crippen LogP contribution is 2.54. The molecule has 0 saturated carbocycles. The summed E-state index contributed by atoms with van der Waals surface area (Å²) in [5, 5.41) is 7.52. The Kier molecular flexibility index (Phi) is 7.79. The highest BCUT2D eigenvalue weighted by atomic mass is 32.1. The minimum Gasteiger partial charge on any atom is -0.228 e. The van der Waals surface area contributed by atoms with Gasteiger partial charge in [-0.05, 0) is 96.4 Å². The van der Waals surface area contributed by atoms with E-state index in [1.807, 2.05) is 17.4 Å². The van der Waals surface area contributed by atoms with Crippen molar-refractivity contribution < 1.29 is 0 Å². The van der Waals surface area contributed by atoms with Gasteiger partial charge in [0.15, 0.2) is 5.82 Å². The average molecular weight is 783 g/mol. The van der Waals surface area contributed by atoms with Gasteiger partial charge in [0.05, 0.1) is 11.4 Å².